The van der Waals surface area contributed by atoms with E-state index in [2.05, 4.69) is 22.8 Å². The summed E-state index contributed by atoms with van der Waals surface area (Å²) in [6.07, 6.45) is 1.92. The number of nitrogens with one attached hydrogen (secondary N) is 2. The van der Waals surface area contributed by atoms with Crippen LogP contribution >= 0.6 is 11.3 Å². The first kappa shape index (κ1) is 20.8. The van der Waals surface area contributed by atoms with E-state index in [1.165, 1.54) is 16.9 Å². The van der Waals surface area contributed by atoms with Crippen LogP contribution in [0.25, 0.3) is 0 Å². The molecule has 0 aliphatic heterocycles. The fraction of sp³-hybridized carbons (Fsp3) is 0.217. The summed E-state index contributed by atoms with van der Waals surface area (Å²) >= 11 is 1.38. The molecule has 0 aliphatic carbocycles. The molecule has 0 radical (unpaired) electrons. The second-order valence-electron chi connectivity index (χ2n) is 6.51. The summed E-state index contributed by atoms with van der Waals surface area (Å²) in [4.78, 5) is 24.9. The zero-order chi connectivity index (χ0) is 20.3. The van der Waals surface area contributed by atoms with Crippen molar-refractivity contribution in [3.63, 3.8) is 0 Å². The van der Waals surface area contributed by atoms with Crippen molar-refractivity contribution >= 4 is 34.5 Å². The monoisotopic (exact) mass is 408 g/mol. The third kappa shape index (κ3) is 7.18. The molecule has 2 amide bonds. The van der Waals surface area contributed by atoms with Crippen LogP contribution in [0, 0.1) is 0 Å². The maximum atomic E-state index is 12.1. The van der Waals surface area contributed by atoms with Crippen LogP contribution in [-0.4, -0.2) is 25.0 Å². The molecule has 2 N–H and O–H groups in total. The minimum absolute atomic E-state index is 0.0709. The molecule has 0 aliphatic rings. The van der Waals surface area contributed by atoms with Gasteiger partial charge in [0.15, 0.2) is 0 Å². The lowest BCUT2D eigenvalue weighted by Crippen LogP contribution is -2.13. The summed E-state index contributed by atoms with van der Waals surface area (Å²) in [5.74, 6) is -0.227. The van der Waals surface area contributed by atoms with Crippen molar-refractivity contribution in [3.8, 4) is 0 Å². The van der Waals surface area contributed by atoms with Crippen LogP contribution < -0.4 is 10.6 Å². The number of rotatable bonds is 10. The van der Waals surface area contributed by atoms with E-state index < -0.39 is 0 Å². The van der Waals surface area contributed by atoms with Crippen molar-refractivity contribution < 1.29 is 14.3 Å². The number of hydrogen-bond acceptors (Lipinski definition) is 4. The Hall–Kier alpha value is -2.96. The van der Waals surface area contributed by atoms with Gasteiger partial charge in [-0.05, 0) is 48.1 Å². The first-order valence-electron chi connectivity index (χ1n) is 9.57. The topological polar surface area (TPSA) is 67.4 Å². The Kier molecular flexibility index (Phi) is 7.98. The highest BCUT2D eigenvalue weighted by Gasteiger charge is 2.08. The van der Waals surface area contributed by atoms with Gasteiger partial charge in [-0.15, -0.1) is 11.3 Å². The maximum Gasteiger partial charge on any atom is 0.265 e. The molecule has 2 aromatic carbocycles. The van der Waals surface area contributed by atoms with Gasteiger partial charge in [0.25, 0.3) is 5.91 Å². The summed E-state index contributed by atoms with van der Waals surface area (Å²) in [5.41, 5.74) is 2.55. The molecule has 0 spiro atoms. The van der Waals surface area contributed by atoms with Gasteiger partial charge < -0.3 is 15.4 Å². The summed E-state index contributed by atoms with van der Waals surface area (Å²) in [6.45, 7) is 1.20. The van der Waals surface area contributed by atoms with Crippen molar-refractivity contribution in [2.75, 3.05) is 23.8 Å². The average molecular weight is 409 g/mol. The van der Waals surface area contributed by atoms with Gasteiger partial charge in [-0.3, -0.25) is 9.59 Å². The van der Waals surface area contributed by atoms with Gasteiger partial charge in [-0.2, -0.15) is 0 Å². The van der Waals surface area contributed by atoms with Crippen LogP contribution in [0.15, 0.2) is 72.1 Å². The zero-order valence-electron chi connectivity index (χ0n) is 16.1. The normalized spacial score (nSPS) is 10.5. The fourth-order valence-corrected chi connectivity index (χ4v) is 3.39. The fourth-order valence-electron chi connectivity index (χ4n) is 2.77. The quantitative estimate of drug-likeness (QED) is 0.465. The van der Waals surface area contributed by atoms with Gasteiger partial charge in [0, 0.05) is 24.4 Å². The van der Waals surface area contributed by atoms with Gasteiger partial charge >= 0.3 is 0 Å². The van der Waals surface area contributed by atoms with E-state index in [4.69, 9.17) is 4.74 Å². The van der Waals surface area contributed by atoms with Crippen molar-refractivity contribution in [2.45, 2.75) is 19.3 Å². The maximum absolute atomic E-state index is 12.1. The van der Waals surface area contributed by atoms with Crippen LogP contribution in [0.3, 0.4) is 0 Å². The number of anilines is 2. The minimum Gasteiger partial charge on any atom is -0.381 e. The zero-order valence-corrected chi connectivity index (χ0v) is 16.9. The smallest absolute Gasteiger partial charge is 0.265 e. The Morgan fingerprint density at radius 1 is 0.862 bits per heavy atom. The van der Waals surface area contributed by atoms with E-state index in [-0.39, 0.29) is 11.8 Å². The van der Waals surface area contributed by atoms with Crippen molar-refractivity contribution in [3.05, 3.63) is 82.6 Å². The van der Waals surface area contributed by atoms with Gasteiger partial charge in [0.2, 0.25) is 5.91 Å². The summed E-state index contributed by atoms with van der Waals surface area (Å²) in [5, 5.41) is 7.56. The van der Waals surface area contributed by atoms with Gasteiger partial charge in [0.05, 0.1) is 11.5 Å². The van der Waals surface area contributed by atoms with E-state index in [0.717, 1.165) is 6.42 Å². The Morgan fingerprint density at radius 3 is 2.41 bits per heavy atom. The number of hydrogen-bond donors (Lipinski definition) is 2. The van der Waals surface area contributed by atoms with Crippen molar-refractivity contribution in [2.24, 2.45) is 0 Å². The Bertz CT molecular complexity index is 911. The van der Waals surface area contributed by atoms with E-state index in [0.29, 0.717) is 42.3 Å². The lowest BCUT2D eigenvalue weighted by molar-refractivity contribution is -0.116. The standard InChI is InChI=1S/C23H24N2O3S/c26-22(12-5-14-28-15-13-18-7-2-1-3-8-18)24-19-9-4-10-20(17-19)25-23(27)21-11-6-16-29-21/h1-4,6-11,16-17H,5,12-15H2,(H,24,26)(H,25,27). The van der Waals surface area contributed by atoms with E-state index in [1.54, 1.807) is 30.3 Å². The van der Waals surface area contributed by atoms with Crippen LogP contribution in [0.4, 0.5) is 11.4 Å². The molecular weight excluding hydrogens is 384 g/mol. The Morgan fingerprint density at radius 2 is 1.66 bits per heavy atom. The molecule has 5 nitrogen and oxygen atoms in total. The Balaban J connectivity index is 1.35. The first-order chi connectivity index (χ1) is 14.2. The highest BCUT2D eigenvalue weighted by Crippen LogP contribution is 2.18. The van der Waals surface area contributed by atoms with Crippen LogP contribution in [0.5, 0.6) is 0 Å². The minimum atomic E-state index is -0.156. The number of benzene rings is 2. The van der Waals surface area contributed by atoms with Crippen molar-refractivity contribution in [1.82, 2.24) is 0 Å². The lowest BCUT2D eigenvalue weighted by atomic mass is 10.2. The molecule has 150 valence electrons. The molecule has 29 heavy (non-hydrogen) atoms. The highest BCUT2D eigenvalue weighted by molar-refractivity contribution is 7.12. The molecular formula is C23H24N2O3S. The van der Waals surface area contributed by atoms with Crippen LogP contribution in [-0.2, 0) is 16.0 Å². The Labute approximate surface area is 174 Å². The van der Waals surface area contributed by atoms with E-state index >= 15 is 0 Å². The molecule has 1 aromatic heterocycles. The van der Waals surface area contributed by atoms with Gasteiger partial charge in [-0.25, -0.2) is 0 Å². The summed E-state index contributed by atoms with van der Waals surface area (Å²) < 4.78 is 5.61. The highest BCUT2D eigenvalue weighted by atomic mass is 32.1. The number of amides is 2. The number of thiophene rings is 1. The molecule has 0 saturated carbocycles. The predicted molar refractivity (Wildman–Crippen MR) is 118 cm³/mol. The second kappa shape index (κ2) is 11.1. The third-order valence-electron chi connectivity index (χ3n) is 4.22. The number of carbonyl (C=O) groups is 2. The molecule has 0 atom stereocenters. The van der Waals surface area contributed by atoms with E-state index in [9.17, 15) is 9.59 Å². The molecule has 0 bridgehead atoms. The SMILES string of the molecule is O=C(CCCOCCc1ccccc1)Nc1cccc(NC(=O)c2cccs2)c1. The summed E-state index contributed by atoms with van der Waals surface area (Å²) in [6, 6.07) is 20.9. The molecule has 0 saturated heterocycles. The van der Waals surface area contributed by atoms with Gasteiger partial charge in [0.1, 0.15) is 0 Å². The van der Waals surface area contributed by atoms with Crippen molar-refractivity contribution in [1.29, 1.82) is 0 Å². The number of ether oxygens (including phenoxy) is 1. The molecule has 0 unspecified atom stereocenters. The third-order valence-corrected chi connectivity index (χ3v) is 5.09. The molecule has 1 heterocycles. The largest absolute Gasteiger partial charge is 0.381 e. The molecule has 3 aromatic rings. The summed E-state index contributed by atoms with van der Waals surface area (Å²) in [7, 11) is 0. The van der Waals surface area contributed by atoms with Crippen LogP contribution in [0.1, 0.15) is 28.1 Å². The predicted octanol–water partition coefficient (Wildman–Crippen LogP) is 4.98. The first-order valence-corrected chi connectivity index (χ1v) is 10.4. The molecule has 6 heteroatoms. The van der Waals surface area contributed by atoms with Crippen LogP contribution in [0.2, 0.25) is 0 Å². The molecule has 0 fully saturated rings. The molecule has 3 rings (SSSR count). The average Bonchev–Trinajstić information content (AvgIpc) is 3.27. The van der Waals surface area contributed by atoms with Gasteiger partial charge in [-0.1, -0.05) is 42.5 Å². The second-order valence-corrected chi connectivity index (χ2v) is 7.46. The van der Waals surface area contributed by atoms with E-state index in [1.807, 2.05) is 29.6 Å². The lowest BCUT2D eigenvalue weighted by Gasteiger charge is -2.09. The number of carbonyl (C=O) groups excluding carboxylic acids is 2.